The zero-order valence-electron chi connectivity index (χ0n) is 15.9. The Morgan fingerprint density at radius 2 is 1.44 bits per heavy atom. The minimum atomic E-state index is -0.438. The highest BCUT2D eigenvalue weighted by Crippen LogP contribution is 2.38. The molecular formula is C19H22N2O6. The lowest BCUT2D eigenvalue weighted by Crippen LogP contribution is -2.18. The molecule has 0 bridgehead atoms. The first-order chi connectivity index (χ1) is 13.1. The monoisotopic (exact) mass is 374 g/mol. The summed E-state index contributed by atoms with van der Waals surface area (Å²) in [4.78, 5) is 12.4. The molecule has 0 heterocycles. The fourth-order valence-corrected chi connectivity index (χ4v) is 2.45. The summed E-state index contributed by atoms with van der Waals surface area (Å²) in [6, 6.07) is 8.43. The Morgan fingerprint density at radius 3 is 1.96 bits per heavy atom. The van der Waals surface area contributed by atoms with E-state index in [0.29, 0.717) is 39.9 Å². The summed E-state index contributed by atoms with van der Waals surface area (Å²) in [6.45, 7) is 0. The Morgan fingerprint density at radius 1 is 0.852 bits per heavy atom. The highest BCUT2D eigenvalue weighted by atomic mass is 16.5. The molecule has 2 aromatic rings. The summed E-state index contributed by atoms with van der Waals surface area (Å²) in [7, 11) is 7.53. The molecule has 0 atom stereocenters. The maximum Gasteiger partial charge on any atom is 0.271 e. The lowest BCUT2D eigenvalue weighted by molar-refractivity contribution is 0.0954. The van der Waals surface area contributed by atoms with E-state index < -0.39 is 5.91 Å². The van der Waals surface area contributed by atoms with Crippen molar-refractivity contribution < 1.29 is 28.5 Å². The van der Waals surface area contributed by atoms with Crippen LogP contribution in [0.2, 0.25) is 0 Å². The second kappa shape index (κ2) is 9.33. The van der Waals surface area contributed by atoms with Crippen LogP contribution >= 0.6 is 0 Å². The van der Waals surface area contributed by atoms with E-state index in [2.05, 4.69) is 10.5 Å². The molecule has 8 heteroatoms. The van der Waals surface area contributed by atoms with E-state index in [9.17, 15) is 4.79 Å². The fraction of sp³-hybridized carbons (Fsp3) is 0.263. The quantitative estimate of drug-likeness (QED) is 0.564. The average molecular weight is 374 g/mol. The van der Waals surface area contributed by atoms with Crippen LogP contribution in [0.15, 0.2) is 35.4 Å². The molecule has 2 rings (SSSR count). The van der Waals surface area contributed by atoms with Crippen LogP contribution in [-0.2, 0) is 0 Å². The van der Waals surface area contributed by atoms with Crippen LogP contribution < -0.4 is 29.1 Å². The number of carbonyl (C=O) groups excluding carboxylic acids is 1. The van der Waals surface area contributed by atoms with Gasteiger partial charge in [0.2, 0.25) is 5.75 Å². The molecule has 8 nitrogen and oxygen atoms in total. The third-order valence-electron chi connectivity index (χ3n) is 3.73. The molecule has 0 unspecified atom stereocenters. The summed E-state index contributed by atoms with van der Waals surface area (Å²) < 4.78 is 26.3. The first-order valence-corrected chi connectivity index (χ1v) is 7.94. The van der Waals surface area contributed by atoms with Crippen LogP contribution in [0.25, 0.3) is 0 Å². The Labute approximate surface area is 157 Å². The predicted octanol–water partition coefficient (Wildman–Crippen LogP) is 2.49. The first kappa shape index (κ1) is 19.9. The van der Waals surface area contributed by atoms with Crippen molar-refractivity contribution in [2.45, 2.75) is 0 Å². The number of amides is 1. The number of nitrogens with one attached hydrogen (secondary N) is 1. The number of hydrogen-bond donors (Lipinski definition) is 1. The van der Waals surface area contributed by atoms with Gasteiger partial charge in [0.05, 0.1) is 41.8 Å². The van der Waals surface area contributed by atoms with Crippen molar-refractivity contribution in [3.8, 4) is 28.7 Å². The number of rotatable bonds is 8. The van der Waals surface area contributed by atoms with E-state index in [0.717, 1.165) is 0 Å². The molecule has 0 aliphatic carbocycles. The van der Waals surface area contributed by atoms with Crippen LogP contribution in [-0.4, -0.2) is 47.7 Å². The van der Waals surface area contributed by atoms with Crippen molar-refractivity contribution in [1.29, 1.82) is 0 Å². The molecule has 0 aliphatic rings. The number of ether oxygens (including phenoxy) is 5. The third kappa shape index (κ3) is 4.41. The van der Waals surface area contributed by atoms with Gasteiger partial charge in [-0.05, 0) is 24.3 Å². The Balaban J connectivity index is 2.22. The van der Waals surface area contributed by atoms with Crippen molar-refractivity contribution in [3.63, 3.8) is 0 Å². The van der Waals surface area contributed by atoms with E-state index in [1.54, 1.807) is 37.4 Å². The van der Waals surface area contributed by atoms with Gasteiger partial charge in [-0.3, -0.25) is 4.79 Å². The van der Waals surface area contributed by atoms with Crippen LogP contribution in [0.4, 0.5) is 0 Å². The van der Waals surface area contributed by atoms with Gasteiger partial charge < -0.3 is 23.7 Å². The Bertz CT molecular complexity index is 810. The van der Waals surface area contributed by atoms with Gasteiger partial charge in [-0.25, -0.2) is 5.43 Å². The molecule has 0 aliphatic heterocycles. The smallest absolute Gasteiger partial charge is 0.271 e. The van der Waals surface area contributed by atoms with E-state index >= 15 is 0 Å². The lowest BCUT2D eigenvalue weighted by atomic mass is 10.1. The topological polar surface area (TPSA) is 87.6 Å². The predicted molar refractivity (Wildman–Crippen MR) is 101 cm³/mol. The molecule has 0 saturated heterocycles. The lowest BCUT2D eigenvalue weighted by Gasteiger charge is -2.13. The number of para-hydroxylation sites is 1. The van der Waals surface area contributed by atoms with Gasteiger partial charge in [-0.2, -0.15) is 5.10 Å². The molecule has 1 amide bonds. The zero-order valence-corrected chi connectivity index (χ0v) is 15.9. The minimum absolute atomic E-state index is 0.305. The van der Waals surface area contributed by atoms with Gasteiger partial charge in [0.15, 0.2) is 23.0 Å². The molecule has 0 saturated carbocycles. The van der Waals surface area contributed by atoms with E-state index in [1.165, 1.54) is 34.7 Å². The van der Waals surface area contributed by atoms with E-state index in [-0.39, 0.29) is 0 Å². The zero-order chi connectivity index (χ0) is 19.8. The average Bonchev–Trinajstić information content (AvgIpc) is 2.71. The van der Waals surface area contributed by atoms with Gasteiger partial charge in [0.25, 0.3) is 5.91 Å². The standard InChI is InChI=1S/C19H22N2O6/c1-23-14-8-6-7-12(17(14)26-4)11-20-21-19(22)13-9-15(24-2)18(27-5)16(10-13)25-3/h6-11H,1-5H3,(H,21,22). The number of benzene rings is 2. The van der Waals surface area contributed by atoms with Crippen molar-refractivity contribution in [2.24, 2.45) is 5.10 Å². The van der Waals surface area contributed by atoms with E-state index in [4.69, 9.17) is 23.7 Å². The van der Waals surface area contributed by atoms with Crippen LogP contribution in [0.5, 0.6) is 28.7 Å². The van der Waals surface area contributed by atoms with Gasteiger partial charge in [0, 0.05) is 11.1 Å². The number of carbonyl (C=O) groups is 1. The summed E-state index contributed by atoms with van der Waals surface area (Å²) in [5.41, 5.74) is 3.42. The van der Waals surface area contributed by atoms with Gasteiger partial charge in [-0.15, -0.1) is 0 Å². The van der Waals surface area contributed by atoms with Crippen LogP contribution in [0.1, 0.15) is 15.9 Å². The molecule has 1 N–H and O–H groups in total. The normalized spacial score (nSPS) is 10.4. The van der Waals surface area contributed by atoms with E-state index in [1.807, 2.05) is 0 Å². The van der Waals surface area contributed by atoms with Crippen LogP contribution in [0.3, 0.4) is 0 Å². The van der Waals surface area contributed by atoms with Crippen LogP contribution in [0, 0.1) is 0 Å². The highest BCUT2D eigenvalue weighted by molar-refractivity contribution is 5.96. The summed E-state index contributed by atoms with van der Waals surface area (Å²) in [5.74, 6) is 1.80. The maximum absolute atomic E-state index is 12.4. The molecule has 0 aromatic heterocycles. The number of hydrogen-bond acceptors (Lipinski definition) is 7. The van der Waals surface area contributed by atoms with Crippen molar-refractivity contribution in [3.05, 3.63) is 41.5 Å². The maximum atomic E-state index is 12.4. The minimum Gasteiger partial charge on any atom is -0.493 e. The Hall–Kier alpha value is -3.42. The summed E-state index contributed by atoms with van der Waals surface area (Å²) in [5, 5.41) is 3.98. The van der Waals surface area contributed by atoms with Gasteiger partial charge >= 0.3 is 0 Å². The highest BCUT2D eigenvalue weighted by Gasteiger charge is 2.16. The number of nitrogens with zero attached hydrogens (tertiary/aromatic N) is 1. The molecule has 2 aromatic carbocycles. The fourth-order valence-electron chi connectivity index (χ4n) is 2.45. The summed E-state index contributed by atoms with van der Waals surface area (Å²) >= 11 is 0. The molecule has 0 fully saturated rings. The number of hydrazone groups is 1. The van der Waals surface area contributed by atoms with Crippen molar-refractivity contribution in [1.82, 2.24) is 5.43 Å². The molecular weight excluding hydrogens is 352 g/mol. The first-order valence-electron chi connectivity index (χ1n) is 7.94. The summed E-state index contributed by atoms with van der Waals surface area (Å²) in [6.07, 6.45) is 1.47. The molecule has 27 heavy (non-hydrogen) atoms. The third-order valence-corrected chi connectivity index (χ3v) is 3.73. The van der Waals surface area contributed by atoms with Gasteiger partial charge in [-0.1, -0.05) is 6.07 Å². The Kier molecular flexibility index (Phi) is 6.87. The molecule has 0 radical (unpaired) electrons. The second-order valence-electron chi connectivity index (χ2n) is 5.20. The molecule has 144 valence electrons. The largest absolute Gasteiger partial charge is 0.493 e. The van der Waals surface area contributed by atoms with Gasteiger partial charge in [0.1, 0.15) is 0 Å². The second-order valence-corrected chi connectivity index (χ2v) is 5.20. The van der Waals surface area contributed by atoms with Crippen molar-refractivity contribution in [2.75, 3.05) is 35.5 Å². The molecule has 0 spiro atoms. The van der Waals surface area contributed by atoms with Crippen molar-refractivity contribution >= 4 is 12.1 Å². The SMILES string of the molecule is COc1cccc(C=NNC(=O)c2cc(OC)c(OC)c(OC)c2)c1OC. The number of methoxy groups -OCH3 is 5.